The normalized spacial score (nSPS) is 13.8. The zero-order chi connectivity index (χ0) is 18.5. The lowest BCUT2D eigenvalue weighted by Crippen LogP contribution is -2.26. The van der Waals surface area contributed by atoms with E-state index in [-0.39, 0.29) is 23.1 Å². The minimum atomic E-state index is -0.576. The maximum absolute atomic E-state index is 13.8. The molecule has 0 spiro atoms. The van der Waals surface area contributed by atoms with Crippen LogP contribution < -0.4 is 10.1 Å². The summed E-state index contributed by atoms with van der Waals surface area (Å²) in [6.45, 7) is 1.62. The topological polar surface area (TPSA) is 58.6 Å². The Labute approximate surface area is 151 Å². The van der Waals surface area contributed by atoms with E-state index < -0.39 is 5.82 Å². The molecule has 0 radical (unpaired) electrons. The summed E-state index contributed by atoms with van der Waals surface area (Å²) in [6, 6.07) is 11.8. The number of ether oxygens (including phenoxy) is 1. The van der Waals surface area contributed by atoms with E-state index >= 15 is 0 Å². The zero-order valence-electron chi connectivity index (χ0n) is 14.6. The lowest BCUT2D eigenvalue weighted by molar-refractivity contribution is -0.128. The van der Waals surface area contributed by atoms with Gasteiger partial charge in [-0.05, 0) is 35.7 Å². The van der Waals surface area contributed by atoms with Crippen molar-refractivity contribution >= 4 is 11.8 Å². The van der Waals surface area contributed by atoms with Crippen LogP contribution in [0.15, 0.2) is 42.5 Å². The molecule has 0 unspecified atom stereocenters. The molecule has 2 aromatic carbocycles. The molecule has 0 atom stereocenters. The van der Waals surface area contributed by atoms with Crippen molar-refractivity contribution < 1.29 is 18.7 Å². The molecule has 0 saturated carbocycles. The molecule has 1 fully saturated rings. The molecule has 0 aromatic heterocycles. The summed E-state index contributed by atoms with van der Waals surface area (Å²) in [5.74, 6) is -0.675. The number of amides is 2. The summed E-state index contributed by atoms with van der Waals surface area (Å²) in [5, 5.41) is 2.81. The van der Waals surface area contributed by atoms with Crippen LogP contribution in [0.2, 0.25) is 0 Å². The third kappa shape index (κ3) is 4.02. The van der Waals surface area contributed by atoms with Gasteiger partial charge in [-0.15, -0.1) is 0 Å². The van der Waals surface area contributed by atoms with Gasteiger partial charge in [0.05, 0.1) is 7.11 Å². The van der Waals surface area contributed by atoms with E-state index in [0.29, 0.717) is 19.5 Å². The zero-order valence-corrected chi connectivity index (χ0v) is 14.6. The van der Waals surface area contributed by atoms with E-state index in [1.165, 1.54) is 19.2 Å². The highest BCUT2D eigenvalue weighted by atomic mass is 19.1. The summed E-state index contributed by atoms with van der Waals surface area (Å²) < 4.78 is 18.6. The van der Waals surface area contributed by atoms with Crippen LogP contribution in [0.5, 0.6) is 5.75 Å². The van der Waals surface area contributed by atoms with Crippen molar-refractivity contribution in [3.8, 4) is 5.75 Å². The average molecular weight is 356 g/mol. The Balaban J connectivity index is 1.67. The van der Waals surface area contributed by atoms with E-state index in [0.717, 1.165) is 30.2 Å². The van der Waals surface area contributed by atoms with Crippen LogP contribution in [0.4, 0.5) is 4.39 Å². The molecule has 0 aliphatic carbocycles. The Bertz CT molecular complexity index is 822. The first-order valence-corrected chi connectivity index (χ1v) is 8.55. The molecular weight excluding hydrogens is 335 g/mol. The number of halogens is 1. The van der Waals surface area contributed by atoms with Crippen molar-refractivity contribution in [2.75, 3.05) is 13.7 Å². The van der Waals surface area contributed by atoms with Gasteiger partial charge < -0.3 is 15.0 Å². The average Bonchev–Trinajstić information content (AvgIpc) is 3.05. The summed E-state index contributed by atoms with van der Waals surface area (Å²) in [6.07, 6.45) is 1.49. The van der Waals surface area contributed by atoms with E-state index in [1.54, 1.807) is 0 Å². The van der Waals surface area contributed by atoms with Crippen LogP contribution in [0.1, 0.15) is 34.3 Å². The SMILES string of the molecule is COc1ccc(C(=O)NCc2ccccc2CN2CCCC2=O)cc1F. The maximum atomic E-state index is 13.8. The van der Waals surface area contributed by atoms with Crippen LogP contribution in [0, 0.1) is 5.82 Å². The molecule has 2 amide bonds. The Kier molecular flexibility index (Phi) is 5.51. The van der Waals surface area contributed by atoms with Gasteiger partial charge in [-0.3, -0.25) is 9.59 Å². The van der Waals surface area contributed by atoms with Gasteiger partial charge in [0.1, 0.15) is 0 Å². The molecule has 1 saturated heterocycles. The van der Waals surface area contributed by atoms with E-state index in [2.05, 4.69) is 5.32 Å². The van der Waals surface area contributed by atoms with Crippen molar-refractivity contribution in [3.05, 3.63) is 65.0 Å². The standard InChI is InChI=1S/C20H21FN2O3/c1-26-18-9-8-14(11-17(18)21)20(25)22-12-15-5-2-3-6-16(15)13-23-10-4-7-19(23)24/h2-3,5-6,8-9,11H,4,7,10,12-13H2,1H3,(H,22,25). The highest BCUT2D eigenvalue weighted by Crippen LogP contribution is 2.19. The smallest absolute Gasteiger partial charge is 0.251 e. The summed E-state index contributed by atoms with van der Waals surface area (Å²) in [7, 11) is 1.38. The summed E-state index contributed by atoms with van der Waals surface area (Å²) in [4.78, 5) is 26.0. The fourth-order valence-corrected chi connectivity index (χ4v) is 3.05. The third-order valence-corrected chi connectivity index (χ3v) is 4.50. The van der Waals surface area contributed by atoms with E-state index in [4.69, 9.17) is 4.74 Å². The molecule has 5 nitrogen and oxygen atoms in total. The third-order valence-electron chi connectivity index (χ3n) is 4.50. The van der Waals surface area contributed by atoms with Crippen LogP contribution in [-0.2, 0) is 17.9 Å². The number of carbonyl (C=O) groups excluding carboxylic acids is 2. The molecule has 1 N–H and O–H groups in total. The second-order valence-electron chi connectivity index (χ2n) is 6.22. The molecule has 0 bridgehead atoms. The van der Waals surface area contributed by atoms with Crippen LogP contribution in [0.25, 0.3) is 0 Å². The minimum absolute atomic E-state index is 0.0992. The monoisotopic (exact) mass is 356 g/mol. The highest BCUT2D eigenvalue weighted by molar-refractivity contribution is 5.94. The quantitative estimate of drug-likeness (QED) is 0.866. The molecule has 3 rings (SSSR count). The molecule has 26 heavy (non-hydrogen) atoms. The van der Waals surface area contributed by atoms with E-state index in [1.807, 2.05) is 29.2 Å². The van der Waals surface area contributed by atoms with Crippen molar-refractivity contribution in [1.82, 2.24) is 10.2 Å². The predicted octanol–water partition coefficient (Wildman–Crippen LogP) is 2.89. The van der Waals surface area contributed by atoms with Crippen molar-refractivity contribution in [2.45, 2.75) is 25.9 Å². The molecular formula is C20H21FN2O3. The van der Waals surface area contributed by atoms with Gasteiger partial charge >= 0.3 is 0 Å². The van der Waals surface area contributed by atoms with Crippen LogP contribution >= 0.6 is 0 Å². The number of benzene rings is 2. The van der Waals surface area contributed by atoms with Gasteiger partial charge in [0.25, 0.3) is 5.91 Å². The van der Waals surface area contributed by atoms with Gasteiger partial charge in [-0.1, -0.05) is 24.3 Å². The fraction of sp³-hybridized carbons (Fsp3) is 0.300. The summed E-state index contributed by atoms with van der Waals surface area (Å²) in [5.41, 5.74) is 2.17. The first-order valence-electron chi connectivity index (χ1n) is 8.55. The number of hydrogen-bond donors (Lipinski definition) is 1. The van der Waals surface area contributed by atoms with Crippen LogP contribution in [-0.4, -0.2) is 30.4 Å². The molecule has 1 heterocycles. The highest BCUT2D eigenvalue weighted by Gasteiger charge is 2.21. The molecule has 1 aliphatic heterocycles. The van der Waals surface area contributed by atoms with Gasteiger partial charge in [0.15, 0.2) is 11.6 Å². The van der Waals surface area contributed by atoms with Crippen molar-refractivity contribution in [2.24, 2.45) is 0 Å². The lowest BCUT2D eigenvalue weighted by atomic mass is 10.1. The minimum Gasteiger partial charge on any atom is -0.494 e. The second-order valence-corrected chi connectivity index (χ2v) is 6.22. The number of likely N-dealkylation sites (tertiary alicyclic amines) is 1. The molecule has 6 heteroatoms. The van der Waals surface area contributed by atoms with Gasteiger partial charge in [-0.2, -0.15) is 0 Å². The van der Waals surface area contributed by atoms with Crippen molar-refractivity contribution in [1.29, 1.82) is 0 Å². The van der Waals surface area contributed by atoms with Crippen LogP contribution in [0.3, 0.4) is 0 Å². The number of methoxy groups -OCH3 is 1. The lowest BCUT2D eigenvalue weighted by Gasteiger charge is -2.18. The first kappa shape index (κ1) is 17.9. The van der Waals surface area contributed by atoms with E-state index in [9.17, 15) is 14.0 Å². The number of rotatable bonds is 6. The number of carbonyl (C=O) groups is 2. The Hall–Kier alpha value is -2.89. The number of hydrogen-bond acceptors (Lipinski definition) is 3. The van der Waals surface area contributed by atoms with Gasteiger partial charge in [-0.25, -0.2) is 4.39 Å². The second kappa shape index (κ2) is 7.99. The molecule has 1 aliphatic rings. The predicted molar refractivity (Wildman–Crippen MR) is 95.2 cm³/mol. The Morgan fingerprint density at radius 3 is 2.65 bits per heavy atom. The Morgan fingerprint density at radius 1 is 1.23 bits per heavy atom. The largest absolute Gasteiger partial charge is 0.494 e. The first-order chi connectivity index (χ1) is 12.6. The van der Waals surface area contributed by atoms with Gasteiger partial charge in [0, 0.05) is 31.6 Å². The summed E-state index contributed by atoms with van der Waals surface area (Å²) >= 11 is 0. The number of nitrogens with one attached hydrogen (secondary N) is 1. The fourth-order valence-electron chi connectivity index (χ4n) is 3.05. The Morgan fingerprint density at radius 2 is 2.00 bits per heavy atom. The number of nitrogens with zero attached hydrogens (tertiary/aromatic N) is 1. The molecule has 2 aromatic rings. The van der Waals surface area contributed by atoms with Gasteiger partial charge in [0.2, 0.25) is 5.91 Å². The maximum Gasteiger partial charge on any atom is 0.251 e. The molecule has 136 valence electrons. The van der Waals surface area contributed by atoms with Crippen molar-refractivity contribution in [3.63, 3.8) is 0 Å².